The summed E-state index contributed by atoms with van der Waals surface area (Å²) in [5.74, 6) is 0. The van der Waals surface area contributed by atoms with Crippen molar-refractivity contribution in [2.45, 2.75) is 56.7 Å². The molecule has 7 heteroatoms. The minimum Gasteiger partial charge on any atom is -0.335 e. The predicted octanol–water partition coefficient (Wildman–Crippen LogP) is 2.55. The first-order valence-corrected chi connectivity index (χ1v) is 10.4. The highest BCUT2D eigenvalue weighted by atomic mass is 16.2. The molecule has 7 nitrogen and oxygen atoms in total. The average molecular weight is 386 g/mol. The van der Waals surface area contributed by atoms with E-state index in [1.165, 1.54) is 12.8 Å². The van der Waals surface area contributed by atoms with E-state index in [2.05, 4.69) is 29.3 Å². The molecule has 1 aromatic carbocycles. The number of benzene rings is 1. The maximum Gasteiger partial charge on any atom is 0.326 e. The Balaban J connectivity index is 1.35. The highest BCUT2D eigenvalue weighted by Gasteiger charge is 2.29. The second-order valence-corrected chi connectivity index (χ2v) is 8.47. The quantitative estimate of drug-likeness (QED) is 0.853. The number of fused-ring (bicyclic) bond motifs is 1. The zero-order valence-electron chi connectivity index (χ0n) is 16.9. The molecule has 1 aliphatic heterocycles. The Hall–Kier alpha value is -2.28. The molecule has 2 heterocycles. The number of rotatable bonds is 3. The number of aromatic nitrogens is 2. The molecule has 2 unspecified atom stereocenters. The van der Waals surface area contributed by atoms with Gasteiger partial charge in [-0.15, -0.1) is 0 Å². The van der Waals surface area contributed by atoms with Gasteiger partial charge in [-0.1, -0.05) is 12.1 Å². The van der Waals surface area contributed by atoms with Gasteiger partial charge in [0, 0.05) is 31.2 Å². The molecule has 4 rings (SSSR count). The maximum absolute atomic E-state index is 12.7. The summed E-state index contributed by atoms with van der Waals surface area (Å²) < 4.78 is 1.87. The Labute approximate surface area is 165 Å². The number of carbonyl (C=O) groups excluding carboxylic acids is 1. The van der Waals surface area contributed by atoms with Crippen LogP contribution in [0.2, 0.25) is 0 Å². The third kappa shape index (κ3) is 3.81. The van der Waals surface area contributed by atoms with Gasteiger partial charge in [0.15, 0.2) is 0 Å². The lowest BCUT2D eigenvalue weighted by Crippen LogP contribution is -2.50. The number of hydrogen-bond acceptors (Lipinski definition) is 3. The number of para-hydroxylation sites is 2. The van der Waals surface area contributed by atoms with E-state index in [-0.39, 0.29) is 23.8 Å². The Morgan fingerprint density at radius 2 is 1.89 bits per heavy atom. The Bertz CT molecular complexity index is 878. The molecule has 2 fully saturated rings. The van der Waals surface area contributed by atoms with Crippen molar-refractivity contribution in [3.05, 3.63) is 34.7 Å². The molecule has 152 valence electrons. The molecule has 2 aliphatic rings. The smallest absolute Gasteiger partial charge is 0.326 e. The van der Waals surface area contributed by atoms with E-state index in [9.17, 15) is 9.59 Å². The third-order valence-electron chi connectivity index (χ3n) is 6.45. The van der Waals surface area contributed by atoms with Crippen LogP contribution >= 0.6 is 0 Å². The van der Waals surface area contributed by atoms with Crippen LogP contribution in [0.1, 0.15) is 44.6 Å². The molecule has 2 N–H and O–H groups in total. The molecule has 1 saturated heterocycles. The molecule has 1 aliphatic carbocycles. The number of likely N-dealkylation sites (tertiary alicyclic amines) is 1. The summed E-state index contributed by atoms with van der Waals surface area (Å²) in [4.78, 5) is 32.3. The van der Waals surface area contributed by atoms with Gasteiger partial charge in [0.1, 0.15) is 0 Å². The topological polar surface area (TPSA) is 73.4 Å². The lowest BCUT2D eigenvalue weighted by molar-refractivity contribution is 0.156. The number of urea groups is 1. The summed E-state index contributed by atoms with van der Waals surface area (Å²) in [6.45, 7) is 1.37. The maximum atomic E-state index is 12.7. The first-order valence-electron chi connectivity index (χ1n) is 10.4. The molecule has 1 aromatic heterocycles. The van der Waals surface area contributed by atoms with Crippen LogP contribution in [-0.4, -0.2) is 64.7 Å². The summed E-state index contributed by atoms with van der Waals surface area (Å²) in [7, 11) is 4.23. The van der Waals surface area contributed by atoms with Crippen LogP contribution < -0.4 is 11.0 Å². The highest BCUT2D eigenvalue weighted by Crippen LogP contribution is 2.26. The van der Waals surface area contributed by atoms with Crippen LogP contribution in [0.25, 0.3) is 11.0 Å². The first-order chi connectivity index (χ1) is 13.5. The second-order valence-electron chi connectivity index (χ2n) is 8.47. The Morgan fingerprint density at radius 1 is 1.14 bits per heavy atom. The lowest BCUT2D eigenvalue weighted by atomic mass is 9.90. The summed E-state index contributed by atoms with van der Waals surface area (Å²) in [6, 6.07) is 8.81. The number of carbonyl (C=O) groups is 1. The van der Waals surface area contributed by atoms with Crippen LogP contribution in [0.15, 0.2) is 29.1 Å². The number of nitrogens with zero attached hydrogens (tertiary/aromatic N) is 3. The summed E-state index contributed by atoms with van der Waals surface area (Å²) in [5, 5.41) is 3.25. The van der Waals surface area contributed by atoms with Crippen molar-refractivity contribution in [3.63, 3.8) is 0 Å². The van der Waals surface area contributed by atoms with Gasteiger partial charge < -0.3 is 20.1 Å². The average Bonchev–Trinajstić information content (AvgIpc) is 3.04. The number of hydrogen-bond donors (Lipinski definition) is 2. The van der Waals surface area contributed by atoms with E-state index in [1.807, 2.05) is 33.7 Å². The highest BCUT2D eigenvalue weighted by molar-refractivity contribution is 5.75. The van der Waals surface area contributed by atoms with E-state index in [1.54, 1.807) is 0 Å². The van der Waals surface area contributed by atoms with E-state index >= 15 is 0 Å². The summed E-state index contributed by atoms with van der Waals surface area (Å²) >= 11 is 0. The van der Waals surface area contributed by atoms with Crippen molar-refractivity contribution >= 4 is 17.1 Å². The number of imidazole rings is 1. The van der Waals surface area contributed by atoms with Gasteiger partial charge in [0.25, 0.3) is 0 Å². The van der Waals surface area contributed by atoms with Gasteiger partial charge in [-0.05, 0) is 64.8 Å². The monoisotopic (exact) mass is 385 g/mol. The number of amides is 2. The van der Waals surface area contributed by atoms with Crippen LogP contribution in [0.5, 0.6) is 0 Å². The minimum absolute atomic E-state index is 0.0501. The zero-order valence-corrected chi connectivity index (χ0v) is 16.9. The largest absolute Gasteiger partial charge is 0.335 e. The van der Waals surface area contributed by atoms with Crippen molar-refractivity contribution in [1.82, 2.24) is 24.7 Å². The fourth-order valence-electron chi connectivity index (χ4n) is 4.79. The van der Waals surface area contributed by atoms with E-state index in [4.69, 9.17) is 0 Å². The number of piperidine rings is 1. The van der Waals surface area contributed by atoms with E-state index in [0.29, 0.717) is 19.1 Å². The zero-order chi connectivity index (χ0) is 19.7. The molecule has 0 radical (unpaired) electrons. The van der Waals surface area contributed by atoms with Gasteiger partial charge in [0.05, 0.1) is 11.0 Å². The van der Waals surface area contributed by atoms with E-state index < -0.39 is 0 Å². The standard InChI is InChI=1S/C21H31N5O2/c1-24(2)17-7-5-6-15(14-17)22-20(27)25-12-10-16(11-13-25)26-19-9-4-3-8-18(19)23-21(26)28/h3-4,8-9,15-17H,5-7,10-14H2,1-2H3,(H,22,27)(H,23,28). The number of H-pyrrole nitrogens is 1. The molecule has 0 bridgehead atoms. The van der Waals surface area contributed by atoms with Crippen molar-refractivity contribution in [2.24, 2.45) is 0 Å². The molecule has 2 amide bonds. The molecular formula is C21H31N5O2. The number of aromatic amines is 1. The molecule has 2 atom stereocenters. The molecular weight excluding hydrogens is 354 g/mol. The van der Waals surface area contributed by atoms with Gasteiger partial charge >= 0.3 is 11.7 Å². The fourth-order valence-corrected chi connectivity index (χ4v) is 4.79. The van der Waals surface area contributed by atoms with Gasteiger partial charge in [-0.3, -0.25) is 4.57 Å². The first kappa shape index (κ1) is 19.1. The van der Waals surface area contributed by atoms with Gasteiger partial charge in [0.2, 0.25) is 0 Å². The summed E-state index contributed by atoms with van der Waals surface area (Å²) in [6.07, 6.45) is 6.08. The van der Waals surface area contributed by atoms with Crippen LogP contribution in [0.4, 0.5) is 4.79 Å². The summed E-state index contributed by atoms with van der Waals surface area (Å²) in [5.41, 5.74) is 1.77. The SMILES string of the molecule is CN(C)C1CCCC(NC(=O)N2CCC(n3c(=O)[nH]c4ccccc43)CC2)C1. The minimum atomic E-state index is -0.0546. The Kier molecular flexibility index (Phi) is 5.44. The predicted molar refractivity (Wildman–Crippen MR) is 111 cm³/mol. The van der Waals surface area contributed by atoms with Crippen molar-refractivity contribution in [2.75, 3.05) is 27.2 Å². The lowest BCUT2D eigenvalue weighted by Gasteiger charge is -2.37. The number of nitrogens with one attached hydrogen (secondary N) is 2. The normalized spacial score (nSPS) is 24.0. The molecule has 0 spiro atoms. The fraction of sp³-hybridized carbons (Fsp3) is 0.619. The molecule has 2 aromatic rings. The van der Waals surface area contributed by atoms with Crippen molar-refractivity contribution in [1.29, 1.82) is 0 Å². The molecule has 28 heavy (non-hydrogen) atoms. The van der Waals surface area contributed by atoms with Crippen LogP contribution in [0.3, 0.4) is 0 Å². The van der Waals surface area contributed by atoms with Crippen molar-refractivity contribution in [3.8, 4) is 0 Å². The molecule has 1 saturated carbocycles. The van der Waals surface area contributed by atoms with Crippen LogP contribution in [0, 0.1) is 0 Å². The third-order valence-corrected chi connectivity index (χ3v) is 6.45. The van der Waals surface area contributed by atoms with Crippen molar-refractivity contribution < 1.29 is 4.79 Å². The van der Waals surface area contributed by atoms with Crippen LogP contribution in [-0.2, 0) is 0 Å². The second kappa shape index (κ2) is 7.99. The van der Waals surface area contributed by atoms with Gasteiger partial charge in [-0.2, -0.15) is 0 Å². The Morgan fingerprint density at radius 3 is 2.64 bits per heavy atom. The van der Waals surface area contributed by atoms with Gasteiger partial charge in [-0.25, -0.2) is 9.59 Å². The van der Waals surface area contributed by atoms with E-state index in [0.717, 1.165) is 36.7 Å².